The van der Waals surface area contributed by atoms with E-state index in [-0.39, 0.29) is 57.1 Å². The van der Waals surface area contributed by atoms with Crippen molar-refractivity contribution in [3.63, 3.8) is 0 Å². The van der Waals surface area contributed by atoms with Gasteiger partial charge in [-0.3, -0.25) is 53.1 Å². The molecule has 1 aromatic carbocycles. The van der Waals surface area contributed by atoms with Crippen LogP contribution in [0, 0.1) is 17.8 Å². The van der Waals surface area contributed by atoms with Crippen molar-refractivity contribution in [3.8, 4) is 0 Å². The number of aliphatic imine (C=N–C) groups is 1. The highest BCUT2D eigenvalue weighted by Gasteiger charge is 2.39. The van der Waals surface area contributed by atoms with E-state index in [0.717, 1.165) is 0 Å². The lowest BCUT2D eigenvalue weighted by molar-refractivity contribution is -0.138. The second kappa shape index (κ2) is 32.3. The van der Waals surface area contributed by atoms with Gasteiger partial charge in [0.25, 0.3) is 0 Å². The van der Waals surface area contributed by atoms with Crippen molar-refractivity contribution in [1.29, 1.82) is 0 Å². The molecule has 0 aliphatic carbocycles. The molecule has 0 spiro atoms. The largest absolute Gasteiger partial charge is 0.394 e. The number of aromatic nitrogens is 1. The van der Waals surface area contributed by atoms with Gasteiger partial charge in [-0.15, -0.1) is 0 Å². The fourth-order valence-electron chi connectivity index (χ4n) is 7.95. The van der Waals surface area contributed by atoms with Crippen LogP contribution in [-0.2, 0) is 49.6 Å². The molecule has 3 rings (SSSR count). The molecular formula is C51H82N14O12. The zero-order valence-corrected chi connectivity index (χ0v) is 44.1. The van der Waals surface area contributed by atoms with Gasteiger partial charge in [0.15, 0.2) is 5.96 Å². The van der Waals surface area contributed by atoms with Crippen molar-refractivity contribution in [1.82, 2.24) is 52.8 Å². The van der Waals surface area contributed by atoms with Gasteiger partial charge in [-0.25, -0.2) is 0 Å². The summed E-state index contributed by atoms with van der Waals surface area (Å²) in [6, 6.07) is -2.89. The quantitative estimate of drug-likeness (QED) is 0.0468. The lowest BCUT2D eigenvalue weighted by Gasteiger charge is -2.32. The van der Waals surface area contributed by atoms with Crippen molar-refractivity contribution in [2.75, 3.05) is 19.7 Å². The van der Waals surface area contributed by atoms with Gasteiger partial charge in [0.2, 0.25) is 53.2 Å². The molecule has 26 nitrogen and oxygen atoms in total. The Bertz CT molecular complexity index is 2300. The molecule has 1 aliphatic heterocycles. The van der Waals surface area contributed by atoms with E-state index < -0.39 is 145 Å². The van der Waals surface area contributed by atoms with Gasteiger partial charge in [-0.2, -0.15) is 0 Å². The summed E-state index contributed by atoms with van der Waals surface area (Å²) >= 11 is 0. The highest BCUT2D eigenvalue weighted by Crippen LogP contribution is 2.19. The molecule has 0 saturated carbocycles. The van der Waals surface area contributed by atoms with Crippen molar-refractivity contribution in [2.45, 2.75) is 155 Å². The fourth-order valence-corrected chi connectivity index (χ4v) is 7.95. The fraction of sp³-hybridized carbons (Fsp3) is 0.588. The molecule has 12 atom stereocenters. The Morgan fingerprint density at radius 2 is 1.25 bits per heavy atom. The molecular weight excluding hydrogens is 1000 g/mol. The number of benzene rings is 1. The highest BCUT2D eigenvalue weighted by molar-refractivity contribution is 5.98. The summed E-state index contributed by atoms with van der Waals surface area (Å²) in [5, 5.41) is 55.4. The van der Waals surface area contributed by atoms with Gasteiger partial charge in [0, 0.05) is 25.4 Å². The van der Waals surface area contributed by atoms with E-state index in [2.05, 4.69) is 57.8 Å². The van der Waals surface area contributed by atoms with E-state index >= 15 is 0 Å². The number of aliphatic hydroxyl groups is 3. The van der Waals surface area contributed by atoms with Crippen LogP contribution in [0.15, 0.2) is 59.9 Å². The molecule has 2 heterocycles. The van der Waals surface area contributed by atoms with E-state index in [1.54, 1.807) is 71.9 Å². The van der Waals surface area contributed by atoms with Crippen LogP contribution in [0.5, 0.6) is 0 Å². The maximum absolute atomic E-state index is 14.4. The Balaban J connectivity index is 0.0000203. The molecule has 0 bridgehead atoms. The number of rotatable bonds is 15. The number of guanidine groups is 1. The SMILES string of the molecule is C.CC[C@H](C)[C@@H]1NC(=O)[C@@H](CCCN=C(N)N)NC(=O)[C@H](CC(C)C)NC(=O)[C@H]([C@H](O)C(C)C)NC(=O)[C@@H](N)[C@@H](c2ccccc2)NC(=O)[C@H](CO)NC(=O)[C@H](Cc2cccnc2)NC(=O)CNC(=O)[C@H]([C@H](C)O)NC1=O. The van der Waals surface area contributed by atoms with Crippen molar-refractivity contribution in [2.24, 2.45) is 39.9 Å². The average Bonchev–Trinajstić information content (AvgIpc) is 3.38. The molecule has 18 N–H and O–H groups in total. The first-order valence-corrected chi connectivity index (χ1v) is 25.3. The van der Waals surface area contributed by atoms with E-state index in [1.807, 2.05) is 0 Å². The molecule has 1 aromatic heterocycles. The average molecular weight is 1080 g/mol. The van der Waals surface area contributed by atoms with Crippen LogP contribution in [0.2, 0.25) is 0 Å². The first kappa shape index (κ1) is 65.8. The van der Waals surface area contributed by atoms with Gasteiger partial charge in [0.1, 0.15) is 48.3 Å². The Kier molecular flexibility index (Phi) is 27.6. The number of hydrogen-bond donors (Lipinski definition) is 15. The number of carbonyl (C=O) groups is 9. The van der Waals surface area contributed by atoms with Crippen LogP contribution >= 0.6 is 0 Å². The number of aliphatic hydroxyl groups excluding tert-OH is 3. The third-order valence-electron chi connectivity index (χ3n) is 12.6. The summed E-state index contributed by atoms with van der Waals surface area (Å²) < 4.78 is 0. The first-order chi connectivity index (χ1) is 35.9. The number of nitrogens with two attached hydrogens (primary N) is 3. The van der Waals surface area contributed by atoms with Gasteiger partial charge in [-0.05, 0) is 61.1 Å². The van der Waals surface area contributed by atoms with Crippen molar-refractivity contribution >= 4 is 59.1 Å². The molecule has 428 valence electrons. The molecule has 0 unspecified atom stereocenters. The van der Waals surface area contributed by atoms with Crippen LogP contribution in [0.4, 0.5) is 0 Å². The summed E-state index contributed by atoms with van der Waals surface area (Å²) in [5.41, 5.74) is 18.4. The molecule has 9 amide bonds. The second-order valence-corrected chi connectivity index (χ2v) is 19.6. The highest BCUT2D eigenvalue weighted by atomic mass is 16.3. The zero-order valence-electron chi connectivity index (χ0n) is 44.1. The minimum Gasteiger partial charge on any atom is -0.394 e. The number of pyridine rings is 1. The Morgan fingerprint density at radius 3 is 1.82 bits per heavy atom. The molecule has 1 aliphatic rings. The van der Waals surface area contributed by atoms with Crippen LogP contribution in [-0.4, -0.2) is 160 Å². The predicted molar refractivity (Wildman–Crippen MR) is 285 cm³/mol. The second-order valence-electron chi connectivity index (χ2n) is 19.6. The predicted octanol–water partition coefficient (Wildman–Crippen LogP) is -3.50. The Labute approximate surface area is 449 Å². The molecule has 1 fully saturated rings. The third-order valence-corrected chi connectivity index (χ3v) is 12.6. The molecule has 0 radical (unpaired) electrons. The van der Waals surface area contributed by atoms with E-state index in [1.165, 1.54) is 31.5 Å². The van der Waals surface area contributed by atoms with Crippen LogP contribution in [0.25, 0.3) is 0 Å². The Hall–Kier alpha value is -7.29. The van der Waals surface area contributed by atoms with Crippen LogP contribution < -0.4 is 65.1 Å². The molecule has 77 heavy (non-hydrogen) atoms. The van der Waals surface area contributed by atoms with E-state index in [0.29, 0.717) is 12.0 Å². The third kappa shape index (κ3) is 21.0. The maximum Gasteiger partial charge on any atom is 0.245 e. The van der Waals surface area contributed by atoms with Crippen LogP contribution in [0.3, 0.4) is 0 Å². The summed E-state index contributed by atoms with van der Waals surface area (Å²) in [6.07, 6.45) is -0.145. The van der Waals surface area contributed by atoms with Crippen molar-refractivity contribution < 1.29 is 58.5 Å². The number of nitrogens with one attached hydrogen (secondary N) is 9. The van der Waals surface area contributed by atoms with Gasteiger partial charge in [0.05, 0.1) is 31.4 Å². The standard InChI is InChI=1S/C50H78N14O12.CH4/c1-8-27(6)37-48(75)62-38(28(7)66)47(74)56-23-35(67)57-33(21-29-14-12-18-54-22-29)44(71)60-34(24-65)45(72)63-39(30-15-10-9-11-16-30)36(51)46(73)64-40(41(68)26(4)5)49(76)59-32(20-25(2)3)43(70)58-31(42(69)61-37)17-13-19-55-50(52)53;/h9-12,14-16,18,22,25-28,31-34,36-41,65-66,68H,8,13,17,19-21,23-24,51H2,1-7H3,(H,56,74)(H,57,67)(H,58,70)(H,59,76)(H,60,71)(H,61,69)(H,62,75)(H,63,72)(H,64,73)(H4,52,53,55);1H4/t27-,28-,31+,32-,33-,34-,36-,37-,38-,39+,40-,41+;/m0./s1. The zero-order chi connectivity index (χ0) is 56.8. The summed E-state index contributed by atoms with van der Waals surface area (Å²) in [6.45, 7) is 9.47. The van der Waals surface area contributed by atoms with E-state index in [9.17, 15) is 58.5 Å². The normalized spacial score (nSPS) is 25.5. The summed E-state index contributed by atoms with van der Waals surface area (Å²) in [4.78, 5) is 134. The lowest BCUT2D eigenvalue weighted by Crippen LogP contribution is -2.63. The number of amides is 9. The van der Waals surface area contributed by atoms with Crippen LogP contribution in [0.1, 0.15) is 98.7 Å². The summed E-state index contributed by atoms with van der Waals surface area (Å²) in [7, 11) is 0. The number of nitrogens with zero attached hydrogens (tertiary/aromatic N) is 2. The molecule has 2 aromatic rings. The lowest BCUT2D eigenvalue weighted by atomic mass is 9.95. The smallest absolute Gasteiger partial charge is 0.245 e. The van der Waals surface area contributed by atoms with E-state index in [4.69, 9.17) is 17.2 Å². The van der Waals surface area contributed by atoms with Gasteiger partial charge in [-0.1, -0.05) is 91.8 Å². The number of hydrogen-bond acceptors (Lipinski definition) is 15. The molecule has 26 heteroatoms. The minimum atomic E-state index is -1.77. The maximum atomic E-state index is 14.4. The topological polar surface area (TPSA) is 426 Å². The monoisotopic (exact) mass is 1080 g/mol. The number of carbonyl (C=O) groups excluding carboxylic acids is 9. The van der Waals surface area contributed by atoms with Gasteiger partial charge >= 0.3 is 0 Å². The van der Waals surface area contributed by atoms with Crippen molar-refractivity contribution in [3.05, 3.63) is 66.0 Å². The molecule has 1 saturated heterocycles. The first-order valence-electron chi connectivity index (χ1n) is 25.3. The Morgan fingerprint density at radius 1 is 0.675 bits per heavy atom. The minimum absolute atomic E-state index is 0. The summed E-state index contributed by atoms with van der Waals surface area (Å²) in [5.74, 6) is -10.5. The van der Waals surface area contributed by atoms with Gasteiger partial charge < -0.3 is 80.4 Å².